The Labute approximate surface area is 196 Å². The first-order valence-corrected chi connectivity index (χ1v) is 11.2. The summed E-state index contributed by atoms with van der Waals surface area (Å²) in [5.41, 5.74) is 7.93. The molecule has 2 N–H and O–H groups in total. The quantitative estimate of drug-likeness (QED) is 0.418. The van der Waals surface area contributed by atoms with Gasteiger partial charge in [-0.15, -0.1) is 0 Å². The lowest BCUT2D eigenvalue weighted by Gasteiger charge is -2.13. The fourth-order valence-corrected chi connectivity index (χ4v) is 4.36. The molecule has 1 aliphatic rings. The van der Waals surface area contributed by atoms with E-state index in [-0.39, 0.29) is 17.6 Å². The summed E-state index contributed by atoms with van der Waals surface area (Å²) >= 11 is 0. The molecule has 0 aliphatic heterocycles. The van der Waals surface area contributed by atoms with Crippen LogP contribution in [0.15, 0.2) is 70.3 Å². The van der Waals surface area contributed by atoms with Crippen molar-refractivity contribution in [2.24, 2.45) is 5.10 Å². The van der Waals surface area contributed by atoms with Crippen LogP contribution < -0.4 is 10.7 Å². The van der Waals surface area contributed by atoms with Gasteiger partial charge in [0.2, 0.25) is 0 Å². The molecule has 0 unspecified atom stereocenters. The third-order valence-electron chi connectivity index (χ3n) is 6.00. The van der Waals surface area contributed by atoms with Crippen LogP contribution in [0, 0.1) is 13.8 Å². The minimum absolute atomic E-state index is 0.255. The number of amides is 2. The third-order valence-corrected chi connectivity index (χ3v) is 6.00. The molecule has 0 bridgehead atoms. The second-order valence-electron chi connectivity index (χ2n) is 8.41. The Bertz CT molecular complexity index is 1450. The second kappa shape index (κ2) is 8.94. The van der Waals surface area contributed by atoms with Gasteiger partial charge in [0.05, 0.1) is 16.9 Å². The SMILES string of the molecule is Cc1cccc(C(=O)N/N=C2\CCCc3oc(C(=O)Nc4cccc5ncccc45)c(C)c32)c1. The van der Waals surface area contributed by atoms with Crippen LogP contribution in [0.1, 0.15) is 56.2 Å². The number of benzene rings is 2. The summed E-state index contributed by atoms with van der Waals surface area (Å²) < 4.78 is 6.00. The average molecular weight is 453 g/mol. The number of fused-ring (bicyclic) bond motifs is 2. The van der Waals surface area contributed by atoms with Crippen molar-refractivity contribution in [2.75, 3.05) is 5.32 Å². The van der Waals surface area contributed by atoms with Gasteiger partial charge in [-0.1, -0.05) is 23.8 Å². The standard InChI is InChI=1S/C27H24N4O3/c1-16-7-3-8-18(15-16)26(32)31-30-22-12-5-13-23-24(22)17(2)25(34-23)27(33)29-21-11-4-10-20-19(21)9-6-14-28-20/h3-4,6-11,14-15H,5,12-13H2,1-2H3,(H,29,33)(H,31,32)/b30-22+. The fraction of sp³-hybridized carbons (Fsp3) is 0.185. The summed E-state index contributed by atoms with van der Waals surface area (Å²) in [6.45, 7) is 3.79. The van der Waals surface area contributed by atoms with Crippen LogP contribution in [-0.4, -0.2) is 22.5 Å². The van der Waals surface area contributed by atoms with Gasteiger partial charge in [0, 0.05) is 34.7 Å². The minimum atomic E-state index is -0.327. The van der Waals surface area contributed by atoms with Crippen LogP contribution in [0.5, 0.6) is 0 Å². The molecular weight excluding hydrogens is 428 g/mol. The van der Waals surface area contributed by atoms with E-state index in [4.69, 9.17) is 4.42 Å². The molecule has 0 fully saturated rings. The van der Waals surface area contributed by atoms with Gasteiger partial charge < -0.3 is 9.73 Å². The summed E-state index contributed by atoms with van der Waals surface area (Å²) in [5, 5.41) is 8.22. The Morgan fingerprint density at radius 1 is 1.00 bits per heavy atom. The Morgan fingerprint density at radius 2 is 1.85 bits per heavy atom. The first kappa shape index (κ1) is 21.6. The zero-order valence-corrected chi connectivity index (χ0v) is 19.0. The lowest BCUT2D eigenvalue weighted by Crippen LogP contribution is -2.22. The van der Waals surface area contributed by atoms with Gasteiger partial charge in [0.1, 0.15) is 5.76 Å². The topological polar surface area (TPSA) is 96.6 Å². The number of hydrazone groups is 1. The number of hydrogen-bond donors (Lipinski definition) is 2. The number of aromatic nitrogens is 1. The maximum Gasteiger partial charge on any atom is 0.291 e. The maximum absolute atomic E-state index is 13.2. The van der Waals surface area contributed by atoms with E-state index in [1.54, 1.807) is 12.3 Å². The Hall–Kier alpha value is -4.26. The van der Waals surface area contributed by atoms with E-state index in [2.05, 4.69) is 20.8 Å². The van der Waals surface area contributed by atoms with Gasteiger partial charge in [-0.05, 0) is 63.1 Å². The molecule has 0 spiro atoms. The van der Waals surface area contributed by atoms with E-state index in [1.807, 2.05) is 62.4 Å². The molecule has 0 radical (unpaired) electrons. The highest BCUT2D eigenvalue weighted by atomic mass is 16.4. The number of anilines is 1. The number of furan rings is 1. The molecule has 7 nitrogen and oxygen atoms in total. The van der Waals surface area contributed by atoms with Crippen LogP contribution in [0.25, 0.3) is 10.9 Å². The van der Waals surface area contributed by atoms with Crippen LogP contribution in [0.4, 0.5) is 5.69 Å². The van der Waals surface area contributed by atoms with Crippen LogP contribution >= 0.6 is 0 Å². The molecule has 5 rings (SSSR count). The van der Waals surface area contributed by atoms with Crippen molar-refractivity contribution in [3.63, 3.8) is 0 Å². The summed E-state index contributed by atoms with van der Waals surface area (Å²) in [6, 6.07) is 16.7. The molecule has 0 saturated carbocycles. The molecule has 2 amide bonds. The summed E-state index contributed by atoms with van der Waals surface area (Å²) in [6.07, 6.45) is 3.95. The fourth-order valence-electron chi connectivity index (χ4n) is 4.36. The molecule has 2 aromatic carbocycles. The number of aryl methyl sites for hydroxylation is 2. The Morgan fingerprint density at radius 3 is 2.71 bits per heavy atom. The van der Waals surface area contributed by atoms with Crippen molar-refractivity contribution in [1.29, 1.82) is 0 Å². The van der Waals surface area contributed by atoms with E-state index in [0.29, 0.717) is 29.7 Å². The van der Waals surface area contributed by atoms with Gasteiger partial charge in [0.25, 0.3) is 11.8 Å². The number of hydrogen-bond acceptors (Lipinski definition) is 5. The van der Waals surface area contributed by atoms with Crippen molar-refractivity contribution >= 4 is 34.1 Å². The van der Waals surface area contributed by atoms with Gasteiger partial charge in [-0.25, -0.2) is 5.43 Å². The maximum atomic E-state index is 13.2. The number of rotatable bonds is 4. The van der Waals surface area contributed by atoms with Crippen molar-refractivity contribution < 1.29 is 14.0 Å². The van der Waals surface area contributed by atoms with Crippen molar-refractivity contribution in [1.82, 2.24) is 10.4 Å². The summed E-state index contributed by atoms with van der Waals surface area (Å²) in [7, 11) is 0. The zero-order chi connectivity index (χ0) is 23.7. The van der Waals surface area contributed by atoms with Crippen molar-refractivity contribution in [2.45, 2.75) is 33.1 Å². The van der Waals surface area contributed by atoms with E-state index < -0.39 is 0 Å². The zero-order valence-electron chi connectivity index (χ0n) is 19.0. The highest BCUT2D eigenvalue weighted by Crippen LogP contribution is 2.31. The second-order valence-corrected chi connectivity index (χ2v) is 8.41. The predicted molar refractivity (Wildman–Crippen MR) is 131 cm³/mol. The average Bonchev–Trinajstić information content (AvgIpc) is 3.20. The van der Waals surface area contributed by atoms with Crippen molar-refractivity contribution in [3.8, 4) is 0 Å². The number of carbonyl (C=O) groups excluding carboxylic acids is 2. The first-order valence-electron chi connectivity index (χ1n) is 11.2. The number of nitrogens with zero attached hydrogens (tertiary/aromatic N) is 2. The largest absolute Gasteiger partial charge is 0.455 e. The third kappa shape index (κ3) is 4.08. The van der Waals surface area contributed by atoms with E-state index in [0.717, 1.165) is 39.9 Å². The lowest BCUT2D eigenvalue weighted by atomic mass is 9.93. The molecule has 1 aliphatic carbocycles. The smallest absolute Gasteiger partial charge is 0.291 e. The van der Waals surface area contributed by atoms with Gasteiger partial charge in [-0.3, -0.25) is 14.6 Å². The van der Waals surface area contributed by atoms with E-state index in [1.165, 1.54) is 0 Å². The Kier molecular flexibility index (Phi) is 5.67. The number of nitrogens with one attached hydrogen (secondary N) is 2. The number of carbonyl (C=O) groups is 2. The molecule has 4 aromatic rings. The lowest BCUT2D eigenvalue weighted by molar-refractivity contribution is 0.0953. The van der Waals surface area contributed by atoms with Crippen LogP contribution in [-0.2, 0) is 6.42 Å². The molecule has 34 heavy (non-hydrogen) atoms. The van der Waals surface area contributed by atoms with Gasteiger partial charge in [0.15, 0.2) is 5.76 Å². The van der Waals surface area contributed by atoms with Crippen LogP contribution in [0.2, 0.25) is 0 Å². The first-order chi connectivity index (χ1) is 16.5. The number of pyridine rings is 1. The highest BCUT2D eigenvalue weighted by molar-refractivity contribution is 6.11. The molecular formula is C27H24N4O3. The van der Waals surface area contributed by atoms with Gasteiger partial charge >= 0.3 is 0 Å². The molecule has 2 heterocycles. The molecule has 2 aromatic heterocycles. The molecule has 0 atom stereocenters. The predicted octanol–water partition coefficient (Wildman–Crippen LogP) is 5.17. The summed E-state index contributed by atoms with van der Waals surface area (Å²) in [4.78, 5) is 30.0. The molecule has 7 heteroatoms. The van der Waals surface area contributed by atoms with E-state index in [9.17, 15) is 9.59 Å². The highest BCUT2D eigenvalue weighted by Gasteiger charge is 2.28. The molecule has 0 saturated heterocycles. The minimum Gasteiger partial charge on any atom is -0.455 e. The monoisotopic (exact) mass is 452 g/mol. The van der Waals surface area contributed by atoms with Gasteiger partial charge in [-0.2, -0.15) is 5.10 Å². The van der Waals surface area contributed by atoms with E-state index >= 15 is 0 Å². The molecule has 170 valence electrons. The normalized spacial score (nSPS) is 14.1. The van der Waals surface area contributed by atoms with Crippen LogP contribution in [0.3, 0.4) is 0 Å². The van der Waals surface area contributed by atoms with Crippen molar-refractivity contribution in [3.05, 3.63) is 94.6 Å². The Balaban J connectivity index is 1.41. The summed E-state index contributed by atoms with van der Waals surface area (Å²) in [5.74, 6) is 0.376.